The van der Waals surface area contributed by atoms with Gasteiger partial charge in [0.05, 0.1) is 6.61 Å². The fourth-order valence-electron chi connectivity index (χ4n) is 1.21. The molecule has 1 amide bonds. The van der Waals surface area contributed by atoms with Gasteiger partial charge in [-0.05, 0) is 6.42 Å². The second kappa shape index (κ2) is 4.91. The van der Waals surface area contributed by atoms with Crippen LogP contribution in [0, 0.1) is 0 Å². The maximum atomic E-state index is 11.2. The van der Waals surface area contributed by atoms with Crippen molar-refractivity contribution in [3.8, 4) is 0 Å². The van der Waals surface area contributed by atoms with Gasteiger partial charge in [-0.25, -0.2) is 0 Å². The van der Waals surface area contributed by atoms with Gasteiger partial charge in [-0.2, -0.15) is 0 Å². The van der Waals surface area contributed by atoms with E-state index in [0.717, 1.165) is 0 Å². The summed E-state index contributed by atoms with van der Waals surface area (Å²) in [6, 6.07) is 8.39. The average molecular weight is 209 g/mol. The van der Waals surface area contributed by atoms with Gasteiger partial charge in [-0.3, -0.25) is 4.79 Å². The molecule has 0 fully saturated rings. The van der Waals surface area contributed by atoms with Crippen LogP contribution in [-0.4, -0.2) is 17.6 Å². The molecule has 15 heavy (non-hydrogen) atoms. The Hall–Kier alpha value is -1.39. The molecule has 0 aliphatic heterocycles. The van der Waals surface area contributed by atoms with Crippen LogP contribution in [0.15, 0.2) is 30.3 Å². The first-order chi connectivity index (χ1) is 7.11. The van der Waals surface area contributed by atoms with Crippen LogP contribution in [0.1, 0.15) is 18.9 Å². The van der Waals surface area contributed by atoms with Gasteiger partial charge in [-0.1, -0.05) is 37.3 Å². The average Bonchev–Trinajstić information content (AvgIpc) is 2.27. The van der Waals surface area contributed by atoms with Gasteiger partial charge < -0.3 is 15.6 Å². The van der Waals surface area contributed by atoms with Crippen LogP contribution in [0.5, 0.6) is 0 Å². The predicted molar refractivity (Wildman–Crippen MR) is 55.8 cm³/mol. The van der Waals surface area contributed by atoms with Crippen molar-refractivity contribution in [2.45, 2.75) is 19.1 Å². The molecular formula is C11H15NO3. The zero-order valence-electron chi connectivity index (χ0n) is 8.64. The molecule has 4 heteroatoms. The first-order valence-corrected chi connectivity index (χ1v) is 4.83. The summed E-state index contributed by atoms with van der Waals surface area (Å²) in [6.07, 6.45) is 0.697. The number of amides is 1. The maximum absolute atomic E-state index is 11.2. The van der Waals surface area contributed by atoms with E-state index < -0.39 is 11.7 Å². The van der Waals surface area contributed by atoms with Crippen molar-refractivity contribution < 1.29 is 14.6 Å². The molecule has 0 spiro atoms. The second-order valence-corrected chi connectivity index (χ2v) is 3.22. The lowest BCUT2D eigenvalue weighted by atomic mass is 10.1. The molecule has 0 saturated heterocycles. The number of aliphatic hydroxyl groups is 1. The topological polar surface area (TPSA) is 72.6 Å². The smallest absolute Gasteiger partial charge is 0.282 e. The fourth-order valence-corrected chi connectivity index (χ4v) is 1.21. The van der Waals surface area contributed by atoms with Crippen LogP contribution in [0.2, 0.25) is 0 Å². The van der Waals surface area contributed by atoms with Crippen LogP contribution in [-0.2, 0) is 15.3 Å². The van der Waals surface area contributed by atoms with Crippen LogP contribution in [0.3, 0.4) is 0 Å². The Morgan fingerprint density at radius 3 is 2.53 bits per heavy atom. The third-order valence-electron chi connectivity index (χ3n) is 2.01. The Kier molecular flexibility index (Phi) is 3.82. The van der Waals surface area contributed by atoms with E-state index in [2.05, 4.69) is 0 Å². The number of carbonyl (C=O) groups is 1. The minimum absolute atomic E-state index is 0.272. The van der Waals surface area contributed by atoms with E-state index >= 15 is 0 Å². The molecular weight excluding hydrogens is 194 g/mol. The SMILES string of the molecule is CCCOC(O)(C(N)=O)c1ccccc1. The van der Waals surface area contributed by atoms with Gasteiger partial charge in [0.25, 0.3) is 11.7 Å². The molecule has 3 N–H and O–H groups in total. The van der Waals surface area contributed by atoms with Crippen molar-refractivity contribution in [2.24, 2.45) is 5.73 Å². The standard InChI is InChI=1S/C11H15NO3/c1-2-8-15-11(14,10(12)13)9-6-4-3-5-7-9/h3-7,14H,2,8H2,1H3,(H2,12,13). The zero-order valence-corrected chi connectivity index (χ0v) is 8.64. The zero-order chi connectivity index (χ0) is 11.3. The number of primary amides is 1. The maximum Gasteiger partial charge on any atom is 0.282 e. The number of hydrogen-bond donors (Lipinski definition) is 2. The summed E-state index contributed by atoms with van der Waals surface area (Å²) in [5.74, 6) is -2.92. The second-order valence-electron chi connectivity index (χ2n) is 3.22. The molecule has 0 radical (unpaired) electrons. The fraction of sp³-hybridized carbons (Fsp3) is 0.364. The van der Waals surface area contributed by atoms with E-state index in [1.54, 1.807) is 30.3 Å². The van der Waals surface area contributed by atoms with Crippen molar-refractivity contribution in [1.82, 2.24) is 0 Å². The minimum atomic E-state index is -2.02. The van der Waals surface area contributed by atoms with Crippen molar-refractivity contribution >= 4 is 5.91 Å². The lowest BCUT2D eigenvalue weighted by Gasteiger charge is -2.24. The molecule has 0 saturated carbocycles. The molecule has 1 aromatic carbocycles. The van der Waals surface area contributed by atoms with Gasteiger partial charge in [-0.15, -0.1) is 0 Å². The molecule has 1 aromatic rings. The van der Waals surface area contributed by atoms with E-state index in [1.165, 1.54) is 0 Å². The van der Waals surface area contributed by atoms with E-state index in [-0.39, 0.29) is 6.61 Å². The highest BCUT2D eigenvalue weighted by atomic mass is 16.6. The number of nitrogens with two attached hydrogens (primary N) is 1. The largest absolute Gasteiger partial charge is 0.365 e. The lowest BCUT2D eigenvalue weighted by molar-refractivity contribution is -0.210. The van der Waals surface area contributed by atoms with Crippen molar-refractivity contribution in [3.05, 3.63) is 35.9 Å². The van der Waals surface area contributed by atoms with Crippen LogP contribution >= 0.6 is 0 Å². The normalized spacial score (nSPS) is 14.5. The van der Waals surface area contributed by atoms with Gasteiger partial charge in [0.1, 0.15) is 0 Å². The van der Waals surface area contributed by atoms with E-state index in [9.17, 15) is 9.90 Å². The number of hydrogen-bond acceptors (Lipinski definition) is 3. The lowest BCUT2D eigenvalue weighted by Crippen LogP contribution is -2.43. The van der Waals surface area contributed by atoms with Crippen molar-refractivity contribution in [1.29, 1.82) is 0 Å². The number of benzene rings is 1. The Balaban J connectivity index is 2.96. The summed E-state index contributed by atoms with van der Waals surface area (Å²) in [7, 11) is 0. The molecule has 0 bridgehead atoms. The molecule has 0 aromatic heterocycles. The van der Waals surface area contributed by atoms with Crippen molar-refractivity contribution in [3.63, 3.8) is 0 Å². The monoisotopic (exact) mass is 209 g/mol. The summed E-state index contributed by atoms with van der Waals surface area (Å²) in [5.41, 5.74) is 5.48. The minimum Gasteiger partial charge on any atom is -0.365 e. The molecule has 82 valence electrons. The third kappa shape index (κ3) is 2.55. The molecule has 1 atom stereocenters. The highest BCUT2D eigenvalue weighted by Gasteiger charge is 2.36. The Morgan fingerprint density at radius 1 is 1.47 bits per heavy atom. The number of ether oxygens (including phenoxy) is 1. The first-order valence-electron chi connectivity index (χ1n) is 4.83. The van der Waals surface area contributed by atoms with Crippen molar-refractivity contribution in [2.75, 3.05) is 6.61 Å². The summed E-state index contributed by atoms with van der Waals surface area (Å²) >= 11 is 0. The molecule has 1 rings (SSSR count). The Bertz CT molecular complexity index is 326. The molecule has 0 aliphatic carbocycles. The van der Waals surface area contributed by atoms with Crippen LogP contribution in [0.25, 0.3) is 0 Å². The van der Waals surface area contributed by atoms with Crippen LogP contribution in [0.4, 0.5) is 0 Å². The molecule has 0 aliphatic rings. The summed E-state index contributed by atoms with van der Waals surface area (Å²) < 4.78 is 5.11. The van der Waals surface area contributed by atoms with Gasteiger partial charge in [0.2, 0.25) is 0 Å². The van der Waals surface area contributed by atoms with Gasteiger partial charge >= 0.3 is 0 Å². The van der Waals surface area contributed by atoms with Gasteiger partial charge in [0.15, 0.2) is 0 Å². The quantitative estimate of drug-likeness (QED) is 0.702. The summed E-state index contributed by atoms with van der Waals surface area (Å²) in [5, 5.41) is 9.99. The van der Waals surface area contributed by atoms with E-state index in [4.69, 9.17) is 10.5 Å². The highest BCUT2D eigenvalue weighted by Crippen LogP contribution is 2.22. The Labute approximate surface area is 88.7 Å². The highest BCUT2D eigenvalue weighted by molar-refractivity contribution is 5.83. The molecule has 1 unspecified atom stereocenters. The van der Waals surface area contributed by atoms with E-state index in [0.29, 0.717) is 12.0 Å². The summed E-state index contributed by atoms with van der Waals surface area (Å²) in [6.45, 7) is 2.15. The number of carbonyl (C=O) groups excluding carboxylic acids is 1. The first kappa shape index (κ1) is 11.7. The van der Waals surface area contributed by atoms with E-state index in [1.807, 2.05) is 6.92 Å². The molecule has 4 nitrogen and oxygen atoms in total. The number of rotatable bonds is 5. The summed E-state index contributed by atoms with van der Waals surface area (Å²) in [4.78, 5) is 11.2. The third-order valence-corrected chi connectivity index (χ3v) is 2.01. The Morgan fingerprint density at radius 2 is 2.07 bits per heavy atom. The predicted octanol–water partition coefficient (Wildman–Crippen LogP) is 0.744. The van der Waals surface area contributed by atoms with Crippen LogP contribution < -0.4 is 5.73 Å². The van der Waals surface area contributed by atoms with Gasteiger partial charge in [0, 0.05) is 5.56 Å². The molecule has 0 heterocycles.